The minimum Gasteiger partial charge on any atom is -0.333 e. The van der Waals surface area contributed by atoms with Crippen LogP contribution < -0.4 is 21.3 Å². The number of rotatable bonds is 2. The lowest BCUT2D eigenvalue weighted by Gasteiger charge is -2.23. The first-order valence-corrected chi connectivity index (χ1v) is 7.65. The lowest BCUT2D eigenvalue weighted by molar-refractivity contribution is 0.243. The van der Waals surface area contributed by atoms with Crippen LogP contribution in [0.3, 0.4) is 0 Å². The molecule has 4 N–H and O–H groups in total. The van der Waals surface area contributed by atoms with E-state index in [0.717, 1.165) is 5.56 Å². The molecular formula is C17H28N4O2. The molecule has 6 heteroatoms. The van der Waals surface area contributed by atoms with Gasteiger partial charge in [0.25, 0.3) is 0 Å². The van der Waals surface area contributed by atoms with Gasteiger partial charge in [0, 0.05) is 22.5 Å². The number of hydrogen-bond acceptors (Lipinski definition) is 2. The van der Waals surface area contributed by atoms with E-state index in [1.807, 2.05) is 48.5 Å². The maximum absolute atomic E-state index is 12.0. The minimum atomic E-state index is -0.319. The van der Waals surface area contributed by atoms with E-state index in [4.69, 9.17) is 0 Å². The van der Waals surface area contributed by atoms with Crippen LogP contribution in [-0.2, 0) is 0 Å². The average molecular weight is 320 g/mol. The van der Waals surface area contributed by atoms with Crippen molar-refractivity contribution in [2.24, 2.45) is 0 Å². The van der Waals surface area contributed by atoms with E-state index < -0.39 is 0 Å². The van der Waals surface area contributed by atoms with Crippen LogP contribution in [0.4, 0.5) is 21.0 Å². The van der Waals surface area contributed by atoms with Crippen molar-refractivity contribution in [2.75, 3.05) is 10.6 Å². The Morgan fingerprint density at radius 2 is 1.13 bits per heavy atom. The molecule has 0 atom stereocenters. The van der Waals surface area contributed by atoms with E-state index in [1.54, 1.807) is 18.2 Å². The molecule has 1 aromatic rings. The first kappa shape index (κ1) is 18.8. The van der Waals surface area contributed by atoms with Crippen LogP contribution in [0.5, 0.6) is 0 Å². The molecule has 6 nitrogen and oxygen atoms in total. The molecule has 0 spiro atoms. The minimum absolute atomic E-state index is 0.281. The third-order valence-electron chi connectivity index (χ3n) is 2.81. The number of urea groups is 2. The van der Waals surface area contributed by atoms with Gasteiger partial charge in [0.2, 0.25) is 0 Å². The van der Waals surface area contributed by atoms with E-state index in [0.29, 0.717) is 11.4 Å². The SMILES string of the molecule is Cc1c(NC(=O)NC(C)(C)C)cccc1NC(=O)NC(C)(C)C. The molecule has 0 saturated heterocycles. The molecular weight excluding hydrogens is 292 g/mol. The van der Waals surface area contributed by atoms with Crippen LogP contribution in [0, 0.1) is 6.92 Å². The van der Waals surface area contributed by atoms with Gasteiger partial charge in [0.1, 0.15) is 0 Å². The van der Waals surface area contributed by atoms with E-state index in [9.17, 15) is 9.59 Å². The first-order chi connectivity index (χ1) is 10.4. The third-order valence-corrected chi connectivity index (χ3v) is 2.81. The summed E-state index contributed by atoms with van der Waals surface area (Å²) in [6, 6.07) is 4.81. The number of carbonyl (C=O) groups is 2. The van der Waals surface area contributed by atoms with Crippen LogP contribution in [0.1, 0.15) is 47.1 Å². The summed E-state index contributed by atoms with van der Waals surface area (Å²) < 4.78 is 0. The molecule has 0 saturated carbocycles. The lowest BCUT2D eigenvalue weighted by atomic mass is 10.1. The number of hydrogen-bond donors (Lipinski definition) is 4. The van der Waals surface area contributed by atoms with Crippen molar-refractivity contribution in [2.45, 2.75) is 59.5 Å². The average Bonchev–Trinajstić information content (AvgIpc) is 2.29. The lowest BCUT2D eigenvalue weighted by Crippen LogP contribution is -2.43. The van der Waals surface area contributed by atoms with Crippen molar-refractivity contribution in [3.63, 3.8) is 0 Å². The van der Waals surface area contributed by atoms with Crippen molar-refractivity contribution >= 4 is 23.4 Å². The Morgan fingerprint density at radius 3 is 1.43 bits per heavy atom. The Balaban J connectivity index is 2.82. The molecule has 0 unspecified atom stereocenters. The van der Waals surface area contributed by atoms with E-state index in [1.165, 1.54) is 0 Å². The molecule has 23 heavy (non-hydrogen) atoms. The molecule has 0 aliphatic heterocycles. The summed E-state index contributed by atoms with van der Waals surface area (Å²) in [4.78, 5) is 24.0. The number of nitrogens with one attached hydrogen (secondary N) is 4. The predicted octanol–water partition coefficient (Wildman–Crippen LogP) is 3.84. The number of benzene rings is 1. The predicted molar refractivity (Wildman–Crippen MR) is 95.0 cm³/mol. The number of carbonyl (C=O) groups excluding carboxylic acids is 2. The van der Waals surface area contributed by atoms with Gasteiger partial charge >= 0.3 is 12.1 Å². The zero-order valence-corrected chi connectivity index (χ0v) is 15.0. The highest BCUT2D eigenvalue weighted by Crippen LogP contribution is 2.23. The number of anilines is 2. The monoisotopic (exact) mass is 320 g/mol. The van der Waals surface area contributed by atoms with Crippen LogP contribution >= 0.6 is 0 Å². The largest absolute Gasteiger partial charge is 0.333 e. The Hall–Kier alpha value is -2.24. The van der Waals surface area contributed by atoms with Gasteiger partial charge in [-0.15, -0.1) is 0 Å². The Bertz CT molecular complexity index is 535. The smallest absolute Gasteiger partial charge is 0.319 e. The highest BCUT2D eigenvalue weighted by Gasteiger charge is 2.17. The summed E-state index contributed by atoms with van der Waals surface area (Å²) in [7, 11) is 0. The molecule has 0 bridgehead atoms. The van der Waals surface area contributed by atoms with E-state index in [-0.39, 0.29) is 23.1 Å². The topological polar surface area (TPSA) is 82.3 Å². The molecule has 0 aromatic heterocycles. The maximum atomic E-state index is 12.0. The normalized spacial score (nSPS) is 11.6. The molecule has 1 aromatic carbocycles. The van der Waals surface area contributed by atoms with Crippen LogP contribution in [0.2, 0.25) is 0 Å². The zero-order valence-electron chi connectivity index (χ0n) is 15.0. The van der Waals surface area contributed by atoms with Crippen molar-refractivity contribution in [3.8, 4) is 0 Å². The van der Waals surface area contributed by atoms with Crippen molar-refractivity contribution in [1.29, 1.82) is 0 Å². The fourth-order valence-corrected chi connectivity index (χ4v) is 1.89. The first-order valence-electron chi connectivity index (χ1n) is 7.65. The van der Waals surface area contributed by atoms with Gasteiger partial charge in [-0.1, -0.05) is 6.07 Å². The highest BCUT2D eigenvalue weighted by molar-refractivity contribution is 5.95. The number of amides is 4. The van der Waals surface area contributed by atoms with Gasteiger partial charge < -0.3 is 21.3 Å². The van der Waals surface area contributed by atoms with E-state index >= 15 is 0 Å². The van der Waals surface area contributed by atoms with Crippen LogP contribution in [-0.4, -0.2) is 23.1 Å². The van der Waals surface area contributed by atoms with Crippen molar-refractivity contribution in [1.82, 2.24) is 10.6 Å². The second-order valence-electron chi connectivity index (χ2n) is 7.64. The summed E-state index contributed by atoms with van der Waals surface area (Å²) >= 11 is 0. The van der Waals surface area contributed by atoms with Crippen LogP contribution in [0.15, 0.2) is 18.2 Å². The van der Waals surface area contributed by atoms with Gasteiger partial charge in [-0.2, -0.15) is 0 Å². The fourth-order valence-electron chi connectivity index (χ4n) is 1.89. The standard InChI is InChI=1S/C17H28N4O2/c1-11-12(18-14(22)20-16(2,3)4)9-8-10-13(11)19-15(23)21-17(5,6)7/h8-10H,1-7H3,(H2,18,20,22)(H2,19,21,23). The van der Waals surface area contributed by atoms with Gasteiger partial charge in [0.05, 0.1) is 0 Å². The van der Waals surface area contributed by atoms with Gasteiger partial charge in [0.15, 0.2) is 0 Å². The fraction of sp³-hybridized carbons (Fsp3) is 0.529. The quantitative estimate of drug-likeness (QED) is 0.668. The Morgan fingerprint density at radius 1 is 0.783 bits per heavy atom. The highest BCUT2D eigenvalue weighted by atomic mass is 16.2. The van der Waals surface area contributed by atoms with Crippen molar-refractivity contribution in [3.05, 3.63) is 23.8 Å². The second-order valence-corrected chi connectivity index (χ2v) is 7.64. The molecule has 0 radical (unpaired) electrons. The third kappa shape index (κ3) is 7.04. The maximum Gasteiger partial charge on any atom is 0.319 e. The summed E-state index contributed by atoms with van der Waals surface area (Å²) in [5.41, 5.74) is 1.46. The summed E-state index contributed by atoms with van der Waals surface area (Å²) in [6.07, 6.45) is 0. The zero-order chi connectivity index (χ0) is 17.8. The van der Waals surface area contributed by atoms with E-state index in [2.05, 4.69) is 21.3 Å². The summed E-state index contributed by atoms with van der Waals surface area (Å²) in [5, 5.41) is 11.3. The molecule has 1 rings (SSSR count). The van der Waals surface area contributed by atoms with Gasteiger partial charge in [-0.3, -0.25) is 0 Å². The van der Waals surface area contributed by atoms with Crippen LogP contribution in [0.25, 0.3) is 0 Å². The Labute approximate surface area is 138 Å². The van der Waals surface area contributed by atoms with Gasteiger partial charge in [-0.05, 0) is 66.2 Å². The molecule has 0 heterocycles. The summed E-state index contributed by atoms with van der Waals surface area (Å²) in [5.74, 6) is 0. The van der Waals surface area contributed by atoms with Crippen molar-refractivity contribution < 1.29 is 9.59 Å². The molecule has 0 aliphatic carbocycles. The molecule has 0 aliphatic rings. The van der Waals surface area contributed by atoms with Gasteiger partial charge in [-0.25, -0.2) is 9.59 Å². The summed E-state index contributed by atoms with van der Waals surface area (Å²) in [6.45, 7) is 13.3. The second kappa shape index (κ2) is 6.89. The molecule has 128 valence electrons. The molecule has 4 amide bonds. The molecule has 0 fully saturated rings. The Kier molecular flexibility index (Phi) is 5.64.